The summed E-state index contributed by atoms with van der Waals surface area (Å²) in [7, 11) is 0. The average molecular weight is 459 g/mol. The first-order valence-electron chi connectivity index (χ1n) is 11.7. The predicted molar refractivity (Wildman–Crippen MR) is 126 cm³/mol. The van der Waals surface area contributed by atoms with Crippen LogP contribution in [0.15, 0.2) is 35.5 Å². The number of carbonyl (C=O) groups excluding carboxylic acids is 1. The van der Waals surface area contributed by atoms with Gasteiger partial charge < -0.3 is 9.88 Å². The molecule has 1 fully saturated rings. The summed E-state index contributed by atoms with van der Waals surface area (Å²) < 4.78 is 3.33. The molecule has 0 saturated carbocycles. The molecule has 1 saturated heterocycles. The van der Waals surface area contributed by atoms with E-state index in [2.05, 4.69) is 21.1 Å². The van der Waals surface area contributed by atoms with Crippen LogP contribution in [0.4, 0.5) is 0 Å². The molecule has 0 aliphatic carbocycles. The number of aromatic nitrogens is 6. The molecule has 0 spiro atoms. The van der Waals surface area contributed by atoms with Gasteiger partial charge >= 0.3 is 5.69 Å². The van der Waals surface area contributed by atoms with E-state index in [0.29, 0.717) is 46.7 Å². The Hall–Kier alpha value is -4.00. The topological polar surface area (TPSA) is 125 Å². The number of nitrogens with zero attached hydrogens (tertiary/aromatic N) is 7. The quantitative estimate of drug-likeness (QED) is 0.490. The highest BCUT2D eigenvalue weighted by atomic mass is 16.2. The molecule has 174 valence electrons. The fourth-order valence-corrected chi connectivity index (χ4v) is 4.87. The molecular formula is C24H26N8O2. The lowest BCUT2D eigenvalue weighted by Crippen LogP contribution is -2.44. The van der Waals surface area contributed by atoms with Crippen molar-refractivity contribution >= 4 is 22.6 Å². The maximum Gasteiger partial charge on any atom is 0.328 e. The first-order chi connectivity index (χ1) is 16.5. The van der Waals surface area contributed by atoms with Crippen molar-refractivity contribution in [3.63, 3.8) is 0 Å². The number of hydrogen-bond donors (Lipinski definition) is 1. The molecule has 10 heteroatoms. The summed E-state index contributed by atoms with van der Waals surface area (Å²) in [5.74, 6) is 0.602. The Morgan fingerprint density at radius 2 is 2.15 bits per heavy atom. The fourth-order valence-electron chi connectivity index (χ4n) is 4.87. The maximum atomic E-state index is 13.0. The zero-order valence-corrected chi connectivity index (χ0v) is 19.2. The SMILES string of the molecule is CCC(CC)C(=O)N1CCCC(n2c(=O)[nH]c3cnc(-c4cnn5ccc(C#N)cc45)nc32)C1. The van der Waals surface area contributed by atoms with Gasteiger partial charge in [-0.15, -0.1) is 0 Å². The van der Waals surface area contributed by atoms with E-state index in [9.17, 15) is 14.9 Å². The van der Waals surface area contributed by atoms with E-state index in [1.54, 1.807) is 39.8 Å². The molecule has 1 amide bonds. The lowest BCUT2D eigenvalue weighted by molar-refractivity contribution is -0.137. The summed E-state index contributed by atoms with van der Waals surface area (Å²) in [6, 6.07) is 5.40. The van der Waals surface area contributed by atoms with Gasteiger partial charge in [-0.25, -0.2) is 19.3 Å². The Balaban J connectivity index is 1.54. The van der Waals surface area contributed by atoms with E-state index in [4.69, 9.17) is 4.98 Å². The Morgan fingerprint density at radius 1 is 1.32 bits per heavy atom. The number of piperidine rings is 1. The third-order valence-corrected chi connectivity index (χ3v) is 6.76. The molecule has 5 rings (SSSR count). The summed E-state index contributed by atoms with van der Waals surface area (Å²) in [5.41, 5.74) is 2.70. The van der Waals surface area contributed by atoms with E-state index in [1.807, 2.05) is 18.7 Å². The highest BCUT2D eigenvalue weighted by Crippen LogP contribution is 2.27. The van der Waals surface area contributed by atoms with Gasteiger partial charge in [-0.05, 0) is 37.8 Å². The Kier molecular flexibility index (Phi) is 5.61. The van der Waals surface area contributed by atoms with Crippen LogP contribution < -0.4 is 5.69 Å². The largest absolute Gasteiger partial charge is 0.340 e. The van der Waals surface area contributed by atoms with Crippen LogP contribution in [0.5, 0.6) is 0 Å². The number of amides is 1. The smallest absolute Gasteiger partial charge is 0.328 e. The van der Waals surface area contributed by atoms with Crippen LogP contribution in [0.2, 0.25) is 0 Å². The van der Waals surface area contributed by atoms with Crippen LogP contribution in [0.3, 0.4) is 0 Å². The number of nitrogens with one attached hydrogen (secondary N) is 1. The summed E-state index contributed by atoms with van der Waals surface area (Å²) in [6.07, 6.45) is 8.22. The molecule has 0 radical (unpaired) electrons. The maximum absolute atomic E-state index is 13.0. The fraction of sp³-hybridized carbons (Fsp3) is 0.417. The zero-order valence-electron chi connectivity index (χ0n) is 19.2. The van der Waals surface area contributed by atoms with E-state index >= 15 is 0 Å². The zero-order chi connectivity index (χ0) is 23.8. The van der Waals surface area contributed by atoms with Crippen molar-refractivity contribution in [1.82, 2.24) is 34.0 Å². The third-order valence-electron chi connectivity index (χ3n) is 6.76. The van der Waals surface area contributed by atoms with E-state index in [-0.39, 0.29) is 23.6 Å². The monoisotopic (exact) mass is 458 g/mol. The normalized spacial score (nSPS) is 16.4. The molecular weight excluding hydrogens is 432 g/mol. The van der Waals surface area contributed by atoms with E-state index in [0.717, 1.165) is 25.7 Å². The van der Waals surface area contributed by atoms with Gasteiger partial charge in [-0.3, -0.25) is 9.36 Å². The molecule has 4 aromatic heterocycles. The van der Waals surface area contributed by atoms with Gasteiger partial charge in [0.1, 0.15) is 5.52 Å². The summed E-state index contributed by atoms with van der Waals surface area (Å²) >= 11 is 0. The minimum absolute atomic E-state index is 0.0151. The highest BCUT2D eigenvalue weighted by Gasteiger charge is 2.30. The summed E-state index contributed by atoms with van der Waals surface area (Å²) in [4.78, 5) is 39.9. The minimum atomic E-state index is -0.255. The lowest BCUT2D eigenvalue weighted by Gasteiger charge is -2.35. The number of H-pyrrole nitrogens is 1. The number of imidazole rings is 1. The first kappa shape index (κ1) is 21.8. The molecule has 34 heavy (non-hydrogen) atoms. The van der Waals surface area contributed by atoms with Crippen LogP contribution in [-0.4, -0.2) is 53.0 Å². The third kappa shape index (κ3) is 3.63. The highest BCUT2D eigenvalue weighted by molar-refractivity contribution is 5.80. The standard InChI is InChI=1S/C24H26N8O2/c1-3-16(4-2)23(33)30-8-5-6-17(14-30)32-22-19(28-24(32)34)13-26-21(29-22)18-12-27-31-9-7-15(11-25)10-20(18)31/h7,9-10,12-13,16-17H,3-6,8,14H2,1-2H3,(H,28,34). The van der Waals surface area contributed by atoms with E-state index < -0.39 is 0 Å². The molecule has 1 N–H and O–H groups in total. The Bertz CT molecular complexity index is 1470. The molecule has 0 aromatic carbocycles. The van der Waals surface area contributed by atoms with Gasteiger partial charge in [0, 0.05) is 25.2 Å². The van der Waals surface area contributed by atoms with Crippen LogP contribution in [0.25, 0.3) is 28.1 Å². The van der Waals surface area contributed by atoms with Crippen LogP contribution in [0.1, 0.15) is 51.1 Å². The van der Waals surface area contributed by atoms with Crippen LogP contribution >= 0.6 is 0 Å². The molecule has 1 unspecified atom stereocenters. The number of rotatable bonds is 5. The van der Waals surface area contributed by atoms with Crippen molar-refractivity contribution < 1.29 is 4.79 Å². The lowest BCUT2D eigenvalue weighted by atomic mass is 9.98. The number of likely N-dealkylation sites (tertiary alicyclic amines) is 1. The second-order valence-electron chi connectivity index (χ2n) is 8.74. The number of pyridine rings is 1. The predicted octanol–water partition coefficient (Wildman–Crippen LogP) is 2.91. The Labute approximate surface area is 195 Å². The van der Waals surface area contributed by atoms with Crippen molar-refractivity contribution in [3.05, 3.63) is 46.8 Å². The van der Waals surface area contributed by atoms with Crippen molar-refractivity contribution in [2.24, 2.45) is 5.92 Å². The number of nitriles is 1. The molecule has 0 bridgehead atoms. The van der Waals surface area contributed by atoms with Crippen LogP contribution in [-0.2, 0) is 4.79 Å². The van der Waals surface area contributed by atoms with Gasteiger partial charge in [-0.1, -0.05) is 13.8 Å². The number of fused-ring (bicyclic) bond motifs is 2. The molecule has 10 nitrogen and oxygen atoms in total. The van der Waals surface area contributed by atoms with Gasteiger partial charge in [0.25, 0.3) is 0 Å². The first-order valence-corrected chi connectivity index (χ1v) is 11.7. The summed E-state index contributed by atoms with van der Waals surface area (Å²) in [6.45, 7) is 5.28. The molecule has 5 heterocycles. The second-order valence-corrected chi connectivity index (χ2v) is 8.74. The van der Waals surface area contributed by atoms with Gasteiger partial charge in [-0.2, -0.15) is 10.4 Å². The number of aromatic amines is 1. The van der Waals surface area contributed by atoms with Crippen molar-refractivity contribution in [2.75, 3.05) is 13.1 Å². The molecule has 1 aliphatic heterocycles. The molecule has 4 aromatic rings. The Morgan fingerprint density at radius 3 is 2.91 bits per heavy atom. The average Bonchev–Trinajstić information content (AvgIpc) is 3.43. The summed E-state index contributed by atoms with van der Waals surface area (Å²) in [5, 5.41) is 13.6. The number of carbonyl (C=O) groups is 1. The van der Waals surface area contributed by atoms with Crippen molar-refractivity contribution in [3.8, 4) is 17.5 Å². The molecule has 1 aliphatic rings. The van der Waals surface area contributed by atoms with Gasteiger partial charge in [0.05, 0.1) is 41.1 Å². The number of hydrogen-bond acceptors (Lipinski definition) is 6. The molecule has 1 atom stereocenters. The minimum Gasteiger partial charge on any atom is -0.340 e. The van der Waals surface area contributed by atoms with E-state index in [1.165, 1.54) is 0 Å². The van der Waals surface area contributed by atoms with Crippen molar-refractivity contribution in [1.29, 1.82) is 5.26 Å². The van der Waals surface area contributed by atoms with Crippen molar-refractivity contribution in [2.45, 2.75) is 45.6 Å². The second kappa shape index (κ2) is 8.74. The van der Waals surface area contributed by atoms with Gasteiger partial charge in [0.15, 0.2) is 11.5 Å². The van der Waals surface area contributed by atoms with Crippen LogP contribution in [0, 0.1) is 17.2 Å². The van der Waals surface area contributed by atoms with Gasteiger partial charge in [0.2, 0.25) is 5.91 Å².